The Hall–Kier alpha value is -0.120. The summed E-state index contributed by atoms with van der Waals surface area (Å²) in [5, 5.41) is 9.16. The molecule has 2 aliphatic rings. The lowest BCUT2D eigenvalue weighted by Crippen LogP contribution is -2.46. The summed E-state index contributed by atoms with van der Waals surface area (Å²) in [7, 11) is 0. The smallest absolute Gasteiger partial charge is 0.0471 e. The van der Waals surface area contributed by atoms with E-state index in [1.54, 1.807) is 0 Å². The molecule has 0 saturated carbocycles. The number of rotatable bonds is 3. The Morgan fingerprint density at radius 3 is 2.31 bits per heavy atom. The first-order chi connectivity index (χ1) is 7.70. The lowest BCUT2D eigenvalue weighted by molar-refractivity contribution is 0.102. The Morgan fingerprint density at radius 1 is 1.12 bits per heavy atom. The maximum atomic E-state index is 9.16. The molecule has 0 aliphatic carbocycles. The van der Waals surface area contributed by atoms with Gasteiger partial charge in [-0.3, -0.25) is 4.90 Å². The van der Waals surface area contributed by atoms with Gasteiger partial charge in [-0.25, -0.2) is 0 Å². The molecule has 2 fully saturated rings. The topological polar surface area (TPSA) is 26.7 Å². The molecule has 16 heavy (non-hydrogen) atoms. The van der Waals surface area contributed by atoms with E-state index >= 15 is 0 Å². The summed E-state index contributed by atoms with van der Waals surface area (Å²) in [6.45, 7) is 9.79. The summed E-state index contributed by atoms with van der Waals surface area (Å²) in [6, 6.07) is 1.48. The van der Waals surface area contributed by atoms with Crippen LogP contribution in [0.5, 0.6) is 0 Å². The maximum absolute atomic E-state index is 9.16. The zero-order valence-corrected chi connectivity index (χ0v) is 10.7. The average Bonchev–Trinajstić information content (AvgIpc) is 2.77. The van der Waals surface area contributed by atoms with Crippen LogP contribution in [0.25, 0.3) is 0 Å². The van der Waals surface area contributed by atoms with E-state index in [1.807, 2.05) is 0 Å². The summed E-state index contributed by atoms with van der Waals surface area (Å²) in [4.78, 5) is 5.19. The fourth-order valence-corrected chi connectivity index (χ4v) is 3.11. The Balaban J connectivity index is 1.77. The molecule has 1 atom stereocenters. The first kappa shape index (κ1) is 12.3. The fourth-order valence-electron chi connectivity index (χ4n) is 3.11. The molecule has 94 valence electrons. The third-order valence-electron chi connectivity index (χ3n) is 4.32. The van der Waals surface area contributed by atoms with E-state index in [0.717, 1.165) is 12.6 Å². The molecular weight excluding hydrogens is 200 g/mol. The quantitative estimate of drug-likeness (QED) is 0.782. The van der Waals surface area contributed by atoms with Gasteiger partial charge in [0.15, 0.2) is 0 Å². The SMILES string of the molecule is CC(C)N1CCC(N2CCC(CO)C2)CC1. The normalized spacial score (nSPS) is 30.4. The summed E-state index contributed by atoms with van der Waals surface area (Å²) < 4.78 is 0. The van der Waals surface area contributed by atoms with Crippen molar-refractivity contribution in [2.24, 2.45) is 5.92 Å². The third kappa shape index (κ3) is 2.76. The molecule has 2 heterocycles. The molecule has 2 saturated heterocycles. The van der Waals surface area contributed by atoms with Crippen LogP contribution in [0.3, 0.4) is 0 Å². The van der Waals surface area contributed by atoms with Gasteiger partial charge >= 0.3 is 0 Å². The van der Waals surface area contributed by atoms with Crippen molar-refractivity contribution in [3.63, 3.8) is 0 Å². The summed E-state index contributed by atoms with van der Waals surface area (Å²) in [6.07, 6.45) is 3.83. The van der Waals surface area contributed by atoms with Crippen molar-refractivity contribution in [2.45, 2.75) is 45.2 Å². The lowest BCUT2D eigenvalue weighted by Gasteiger charge is -2.38. The van der Waals surface area contributed by atoms with Crippen molar-refractivity contribution in [3.05, 3.63) is 0 Å². The predicted octanol–water partition coefficient (Wildman–Crippen LogP) is 1.17. The molecule has 0 aromatic carbocycles. The van der Waals surface area contributed by atoms with Gasteiger partial charge in [0.25, 0.3) is 0 Å². The number of hydrogen-bond donors (Lipinski definition) is 1. The van der Waals surface area contributed by atoms with Gasteiger partial charge in [-0.2, -0.15) is 0 Å². The first-order valence-corrected chi connectivity index (χ1v) is 6.79. The van der Waals surface area contributed by atoms with Crippen LogP contribution in [0, 0.1) is 5.92 Å². The second-order valence-electron chi connectivity index (χ2n) is 5.69. The van der Waals surface area contributed by atoms with E-state index in [-0.39, 0.29) is 0 Å². The zero-order valence-electron chi connectivity index (χ0n) is 10.7. The van der Waals surface area contributed by atoms with Crippen molar-refractivity contribution in [3.8, 4) is 0 Å². The second kappa shape index (κ2) is 5.48. The van der Waals surface area contributed by atoms with Gasteiger partial charge < -0.3 is 10.0 Å². The van der Waals surface area contributed by atoms with Gasteiger partial charge in [0.2, 0.25) is 0 Å². The van der Waals surface area contributed by atoms with Gasteiger partial charge in [-0.05, 0) is 58.7 Å². The molecule has 1 N–H and O–H groups in total. The van der Waals surface area contributed by atoms with Crippen molar-refractivity contribution in [2.75, 3.05) is 32.8 Å². The number of likely N-dealkylation sites (tertiary alicyclic amines) is 2. The van der Waals surface area contributed by atoms with Crippen LogP contribution in [0.4, 0.5) is 0 Å². The number of nitrogens with zero attached hydrogens (tertiary/aromatic N) is 2. The highest BCUT2D eigenvalue weighted by Crippen LogP contribution is 2.24. The Kier molecular flexibility index (Phi) is 4.22. The molecule has 2 rings (SSSR count). The van der Waals surface area contributed by atoms with E-state index < -0.39 is 0 Å². The van der Waals surface area contributed by atoms with Gasteiger partial charge in [0, 0.05) is 25.2 Å². The number of piperidine rings is 1. The van der Waals surface area contributed by atoms with Gasteiger partial charge in [-0.15, -0.1) is 0 Å². The standard InChI is InChI=1S/C13H26N2O/c1-11(2)14-7-4-13(5-8-14)15-6-3-12(9-15)10-16/h11-13,16H,3-10H2,1-2H3. The summed E-state index contributed by atoms with van der Waals surface area (Å²) in [5.41, 5.74) is 0. The lowest BCUT2D eigenvalue weighted by atomic mass is 10.0. The van der Waals surface area contributed by atoms with Crippen molar-refractivity contribution < 1.29 is 5.11 Å². The Bertz CT molecular complexity index is 212. The van der Waals surface area contributed by atoms with Gasteiger partial charge in [0.05, 0.1) is 0 Å². The van der Waals surface area contributed by atoms with Crippen molar-refractivity contribution >= 4 is 0 Å². The molecule has 0 aromatic rings. The van der Waals surface area contributed by atoms with E-state index in [2.05, 4.69) is 23.6 Å². The monoisotopic (exact) mass is 226 g/mol. The minimum absolute atomic E-state index is 0.376. The Labute approximate surface area is 99.4 Å². The van der Waals surface area contributed by atoms with Crippen molar-refractivity contribution in [1.82, 2.24) is 9.80 Å². The molecule has 0 spiro atoms. The van der Waals surface area contributed by atoms with Gasteiger partial charge in [-0.1, -0.05) is 0 Å². The minimum Gasteiger partial charge on any atom is -0.396 e. The molecule has 3 nitrogen and oxygen atoms in total. The highest BCUT2D eigenvalue weighted by Gasteiger charge is 2.30. The molecule has 3 heteroatoms. The second-order valence-corrected chi connectivity index (χ2v) is 5.69. The average molecular weight is 226 g/mol. The fraction of sp³-hybridized carbons (Fsp3) is 1.00. The van der Waals surface area contributed by atoms with Gasteiger partial charge in [0.1, 0.15) is 0 Å². The molecule has 0 radical (unpaired) electrons. The highest BCUT2D eigenvalue weighted by molar-refractivity contribution is 4.85. The van der Waals surface area contributed by atoms with Crippen LogP contribution in [-0.2, 0) is 0 Å². The van der Waals surface area contributed by atoms with Crippen LogP contribution in [0.1, 0.15) is 33.1 Å². The number of aliphatic hydroxyl groups is 1. The van der Waals surface area contributed by atoms with Crippen LogP contribution >= 0.6 is 0 Å². The molecule has 0 aromatic heterocycles. The van der Waals surface area contributed by atoms with Crippen LogP contribution < -0.4 is 0 Å². The van der Waals surface area contributed by atoms with Crippen LogP contribution in [0.2, 0.25) is 0 Å². The first-order valence-electron chi connectivity index (χ1n) is 6.79. The summed E-state index contributed by atoms with van der Waals surface area (Å²) in [5.74, 6) is 0.545. The molecule has 0 bridgehead atoms. The van der Waals surface area contributed by atoms with Crippen LogP contribution in [-0.4, -0.2) is 59.8 Å². The van der Waals surface area contributed by atoms with E-state index in [9.17, 15) is 0 Å². The van der Waals surface area contributed by atoms with Crippen LogP contribution in [0.15, 0.2) is 0 Å². The maximum Gasteiger partial charge on any atom is 0.0471 e. The summed E-state index contributed by atoms with van der Waals surface area (Å²) >= 11 is 0. The molecule has 2 aliphatic heterocycles. The highest BCUT2D eigenvalue weighted by atomic mass is 16.3. The molecular formula is C13H26N2O. The zero-order chi connectivity index (χ0) is 11.5. The minimum atomic E-state index is 0.376. The van der Waals surface area contributed by atoms with E-state index in [4.69, 9.17) is 5.11 Å². The third-order valence-corrected chi connectivity index (χ3v) is 4.32. The molecule has 1 unspecified atom stereocenters. The largest absolute Gasteiger partial charge is 0.396 e. The number of aliphatic hydroxyl groups excluding tert-OH is 1. The van der Waals surface area contributed by atoms with Crippen molar-refractivity contribution in [1.29, 1.82) is 0 Å². The number of hydrogen-bond acceptors (Lipinski definition) is 3. The van der Waals surface area contributed by atoms with E-state index in [1.165, 1.54) is 38.9 Å². The Morgan fingerprint density at radius 2 is 1.81 bits per heavy atom. The molecule has 0 amide bonds. The van der Waals surface area contributed by atoms with E-state index in [0.29, 0.717) is 18.6 Å². The predicted molar refractivity (Wildman–Crippen MR) is 66.5 cm³/mol.